The van der Waals surface area contributed by atoms with Gasteiger partial charge in [0, 0.05) is 31.7 Å². The van der Waals surface area contributed by atoms with Gasteiger partial charge in [-0.2, -0.15) is 0 Å². The van der Waals surface area contributed by atoms with E-state index in [0.717, 1.165) is 6.20 Å². The Kier molecular flexibility index (Phi) is 3.96. The molecule has 1 aromatic rings. The molecule has 0 aromatic carbocycles. The first-order chi connectivity index (χ1) is 8.99. The Bertz CT molecular complexity index is 523. The third-order valence-electron chi connectivity index (χ3n) is 2.92. The minimum atomic E-state index is -0.597. The summed E-state index contributed by atoms with van der Waals surface area (Å²) < 4.78 is 0. The molecular weight excluding hydrogens is 272 g/mol. The van der Waals surface area contributed by atoms with Gasteiger partial charge >= 0.3 is 0 Å². The smallest absolute Gasteiger partial charge is 0.288 e. The second-order valence-corrected chi connectivity index (χ2v) is 4.75. The molecule has 0 spiro atoms. The second-order valence-electron chi connectivity index (χ2n) is 4.40. The summed E-state index contributed by atoms with van der Waals surface area (Å²) in [5.41, 5.74) is -0.166. The molecule has 0 aliphatic carbocycles. The van der Waals surface area contributed by atoms with Crippen molar-refractivity contribution in [3.63, 3.8) is 0 Å². The van der Waals surface area contributed by atoms with Gasteiger partial charge in [-0.05, 0) is 6.92 Å². The molecule has 1 atom stereocenters. The predicted octanol–water partition coefficient (Wildman–Crippen LogP) is 1.08. The zero-order valence-corrected chi connectivity index (χ0v) is 11.1. The van der Waals surface area contributed by atoms with E-state index in [1.165, 1.54) is 6.07 Å². The van der Waals surface area contributed by atoms with Crippen molar-refractivity contribution in [2.75, 3.05) is 19.6 Å². The van der Waals surface area contributed by atoms with Crippen LogP contribution >= 0.6 is 11.6 Å². The third kappa shape index (κ3) is 2.99. The first-order valence-corrected chi connectivity index (χ1v) is 6.19. The quantitative estimate of drug-likeness (QED) is 0.499. The van der Waals surface area contributed by atoms with Crippen LogP contribution in [0.25, 0.3) is 0 Å². The number of pyridine rings is 1. The predicted molar refractivity (Wildman–Crippen MR) is 69.3 cm³/mol. The topological polar surface area (TPSA) is 88.4 Å². The highest BCUT2D eigenvalue weighted by Gasteiger charge is 2.25. The number of carbonyl (C=O) groups is 1. The highest BCUT2D eigenvalue weighted by Crippen LogP contribution is 2.21. The number of aromatic nitrogens is 1. The van der Waals surface area contributed by atoms with Crippen LogP contribution in [-0.4, -0.2) is 46.4 Å². The van der Waals surface area contributed by atoms with E-state index < -0.39 is 4.92 Å². The maximum atomic E-state index is 12.3. The average Bonchev–Trinajstić information content (AvgIpc) is 2.38. The highest BCUT2D eigenvalue weighted by molar-refractivity contribution is 6.32. The zero-order valence-electron chi connectivity index (χ0n) is 10.3. The van der Waals surface area contributed by atoms with E-state index in [-0.39, 0.29) is 28.4 Å². The zero-order chi connectivity index (χ0) is 14.0. The van der Waals surface area contributed by atoms with E-state index in [1.54, 1.807) is 4.90 Å². The van der Waals surface area contributed by atoms with Gasteiger partial charge < -0.3 is 10.2 Å². The summed E-state index contributed by atoms with van der Waals surface area (Å²) in [5.74, 6) is -0.324. The number of carbonyl (C=O) groups excluding carboxylic acids is 1. The van der Waals surface area contributed by atoms with Gasteiger partial charge in [0.25, 0.3) is 11.6 Å². The van der Waals surface area contributed by atoms with E-state index in [2.05, 4.69) is 10.3 Å². The van der Waals surface area contributed by atoms with E-state index >= 15 is 0 Å². The molecule has 0 radical (unpaired) electrons. The van der Waals surface area contributed by atoms with Crippen molar-refractivity contribution in [1.82, 2.24) is 15.2 Å². The van der Waals surface area contributed by atoms with Gasteiger partial charge in [0.2, 0.25) is 0 Å². The summed E-state index contributed by atoms with van der Waals surface area (Å²) >= 11 is 5.85. The molecule has 19 heavy (non-hydrogen) atoms. The molecule has 7 nitrogen and oxygen atoms in total. The SMILES string of the molecule is C[C@H]1CN(C(=O)c2cc([N+](=O)[O-])cnc2Cl)CCN1. The fourth-order valence-corrected chi connectivity index (χ4v) is 2.16. The number of piperazine rings is 1. The first-order valence-electron chi connectivity index (χ1n) is 5.81. The summed E-state index contributed by atoms with van der Waals surface area (Å²) in [5, 5.41) is 13.9. The lowest BCUT2D eigenvalue weighted by atomic mass is 10.2. The van der Waals surface area contributed by atoms with Crippen LogP contribution in [0.5, 0.6) is 0 Å². The monoisotopic (exact) mass is 284 g/mol. The number of nitrogens with one attached hydrogen (secondary N) is 1. The fraction of sp³-hybridized carbons (Fsp3) is 0.455. The maximum absolute atomic E-state index is 12.3. The van der Waals surface area contributed by atoms with Crippen molar-refractivity contribution in [2.24, 2.45) is 0 Å². The molecule has 0 unspecified atom stereocenters. The maximum Gasteiger partial charge on any atom is 0.288 e. The second kappa shape index (κ2) is 5.50. The largest absolute Gasteiger partial charge is 0.336 e. The van der Waals surface area contributed by atoms with Crippen LogP contribution in [0.2, 0.25) is 5.15 Å². The van der Waals surface area contributed by atoms with Crippen LogP contribution in [0.15, 0.2) is 12.3 Å². The number of halogens is 1. The van der Waals surface area contributed by atoms with Gasteiger partial charge in [0.05, 0.1) is 10.5 Å². The van der Waals surface area contributed by atoms with E-state index in [4.69, 9.17) is 11.6 Å². The Morgan fingerprint density at radius 2 is 2.42 bits per heavy atom. The summed E-state index contributed by atoms with van der Waals surface area (Å²) in [6, 6.07) is 1.35. The van der Waals surface area contributed by atoms with Gasteiger partial charge in [0.1, 0.15) is 11.3 Å². The minimum absolute atomic E-state index is 0.0122. The summed E-state index contributed by atoms with van der Waals surface area (Å²) in [6.07, 6.45) is 1.04. The van der Waals surface area contributed by atoms with Crippen molar-refractivity contribution >= 4 is 23.2 Å². The number of rotatable bonds is 2. The summed E-state index contributed by atoms with van der Waals surface area (Å²) in [4.78, 5) is 27.7. The van der Waals surface area contributed by atoms with Gasteiger partial charge in [0.15, 0.2) is 0 Å². The molecule has 102 valence electrons. The van der Waals surface area contributed by atoms with Crippen LogP contribution in [0.1, 0.15) is 17.3 Å². The van der Waals surface area contributed by atoms with Gasteiger partial charge in [-0.3, -0.25) is 14.9 Å². The molecule has 1 aliphatic heterocycles. The lowest BCUT2D eigenvalue weighted by Crippen LogP contribution is -2.51. The third-order valence-corrected chi connectivity index (χ3v) is 3.22. The fourth-order valence-electron chi connectivity index (χ4n) is 1.97. The van der Waals surface area contributed by atoms with Crippen molar-refractivity contribution in [3.8, 4) is 0 Å². The van der Waals surface area contributed by atoms with E-state index in [9.17, 15) is 14.9 Å². The molecule has 1 saturated heterocycles. The molecular formula is C11H13ClN4O3. The van der Waals surface area contributed by atoms with Crippen molar-refractivity contribution in [3.05, 3.63) is 33.1 Å². The Labute approximate surface area is 114 Å². The van der Waals surface area contributed by atoms with Crippen LogP contribution in [0, 0.1) is 10.1 Å². The molecule has 2 heterocycles. The first kappa shape index (κ1) is 13.7. The van der Waals surface area contributed by atoms with Crippen LogP contribution < -0.4 is 5.32 Å². The lowest BCUT2D eigenvalue weighted by Gasteiger charge is -2.31. The lowest BCUT2D eigenvalue weighted by molar-refractivity contribution is -0.385. The number of nitrogens with zero attached hydrogens (tertiary/aromatic N) is 3. The van der Waals surface area contributed by atoms with Crippen molar-refractivity contribution in [1.29, 1.82) is 0 Å². The normalized spacial score (nSPS) is 19.3. The summed E-state index contributed by atoms with van der Waals surface area (Å²) in [7, 11) is 0. The van der Waals surface area contributed by atoms with Crippen molar-refractivity contribution < 1.29 is 9.72 Å². The number of hydrogen-bond acceptors (Lipinski definition) is 5. The Morgan fingerprint density at radius 1 is 1.68 bits per heavy atom. The molecule has 1 aliphatic rings. The number of amides is 1. The molecule has 1 amide bonds. The van der Waals surface area contributed by atoms with Gasteiger partial charge in [-0.15, -0.1) is 0 Å². The molecule has 1 aromatic heterocycles. The minimum Gasteiger partial charge on any atom is -0.336 e. The highest BCUT2D eigenvalue weighted by atomic mass is 35.5. The molecule has 2 rings (SSSR count). The van der Waals surface area contributed by atoms with Crippen molar-refractivity contribution in [2.45, 2.75) is 13.0 Å². The van der Waals surface area contributed by atoms with Crippen LogP contribution in [-0.2, 0) is 0 Å². The molecule has 0 bridgehead atoms. The standard InChI is InChI=1S/C11H13ClN4O3/c1-7-6-15(3-2-13-7)11(17)9-4-8(16(18)19)5-14-10(9)12/h4-5,7,13H,2-3,6H2,1H3/t7-/m0/s1. The Hall–Kier alpha value is -1.73. The van der Waals surface area contributed by atoms with Crippen LogP contribution in [0.4, 0.5) is 5.69 Å². The molecule has 1 N–H and O–H groups in total. The molecule has 8 heteroatoms. The Balaban J connectivity index is 2.27. The van der Waals surface area contributed by atoms with E-state index in [0.29, 0.717) is 19.6 Å². The van der Waals surface area contributed by atoms with Crippen LogP contribution in [0.3, 0.4) is 0 Å². The van der Waals surface area contributed by atoms with Gasteiger partial charge in [-0.1, -0.05) is 11.6 Å². The van der Waals surface area contributed by atoms with Gasteiger partial charge in [-0.25, -0.2) is 4.98 Å². The number of nitro groups is 1. The Morgan fingerprint density at radius 3 is 3.05 bits per heavy atom. The average molecular weight is 285 g/mol. The molecule has 0 saturated carbocycles. The number of hydrogen-bond donors (Lipinski definition) is 1. The van der Waals surface area contributed by atoms with E-state index in [1.807, 2.05) is 6.92 Å². The molecule has 1 fully saturated rings. The summed E-state index contributed by atoms with van der Waals surface area (Å²) in [6.45, 7) is 3.74.